The highest BCUT2D eigenvalue weighted by molar-refractivity contribution is 5.94. The number of rotatable bonds is 6. The van der Waals surface area contributed by atoms with E-state index < -0.39 is 0 Å². The van der Waals surface area contributed by atoms with Crippen LogP contribution in [0.5, 0.6) is 5.75 Å². The Morgan fingerprint density at radius 3 is 2.73 bits per heavy atom. The third kappa shape index (κ3) is 3.58. The summed E-state index contributed by atoms with van der Waals surface area (Å²) in [4.78, 5) is 15.9. The van der Waals surface area contributed by atoms with E-state index in [1.807, 2.05) is 24.3 Å². The van der Waals surface area contributed by atoms with Gasteiger partial charge in [-0.1, -0.05) is 0 Å². The maximum Gasteiger partial charge on any atom is 0.253 e. The predicted octanol–water partition coefficient (Wildman–Crippen LogP) is 0.319. The maximum absolute atomic E-state index is 11.8. The van der Waals surface area contributed by atoms with Gasteiger partial charge in [0.05, 0.1) is 6.61 Å². The third-order valence-corrected chi connectivity index (χ3v) is 4.18. The van der Waals surface area contributed by atoms with Gasteiger partial charge in [0.15, 0.2) is 0 Å². The number of ether oxygens (including phenoxy) is 2. The van der Waals surface area contributed by atoms with Crippen molar-refractivity contribution in [3.05, 3.63) is 24.3 Å². The van der Waals surface area contributed by atoms with Crippen LogP contribution in [0.1, 0.15) is 0 Å². The molecule has 1 aromatic carbocycles. The zero-order valence-corrected chi connectivity index (χ0v) is 12.7. The van der Waals surface area contributed by atoms with Crippen LogP contribution in [0, 0.1) is 5.92 Å². The van der Waals surface area contributed by atoms with E-state index in [1.54, 1.807) is 4.90 Å². The van der Waals surface area contributed by atoms with Gasteiger partial charge in [-0.2, -0.15) is 0 Å². The fourth-order valence-corrected chi connectivity index (χ4v) is 2.81. The van der Waals surface area contributed by atoms with Crippen LogP contribution in [0.2, 0.25) is 0 Å². The fourth-order valence-electron chi connectivity index (χ4n) is 2.81. The van der Waals surface area contributed by atoms with E-state index in [9.17, 15) is 4.79 Å². The Morgan fingerprint density at radius 1 is 1.27 bits per heavy atom. The summed E-state index contributed by atoms with van der Waals surface area (Å²) in [6.45, 7) is 5.90. The predicted molar refractivity (Wildman–Crippen MR) is 84.1 cm³/mol. The van der Waals surface area contributed by atoms with Crippen molar-refractivity contribution in [2.75, 3.05) is 57.4 Å². The molecule has 6 heteroatoms. The molecule has 0 aliphatic carbocycles. The number of anilines is 1. The van der Waals surface area contributed by atoms with Gasteiger partial charge >= 0.3 is 0 Å². The molecule has 120 valence electrons. The lowest BCUT2D eigenvalue weighted by atomic mass is 10.0. The SMILES string of the molecule is NCC1CN(CCOc2ccc(N3CCOCC3=O)cc2)C1. The summed E-state index contributed by atoms with van der Waals surface area (Å²) in [7, 11) is 0. The van der Waals surface area contributed by atoms with E-state index in [0.717, 1.165) is 37.6 Å². The van der Waals surface area contributed by atoms with Crippen molar-refractivity contribution in [1.82, 2.24) is 4.90 Å². The Morgan fingerprint density at radius 2 is 2.05 bits per heavy atom. The van der Waals surface area contributed by atoms with E-state index in [4.69, 9.17) is 15.2 Å². The first kappa shape index (κ1) is 15.3. The molecule has 0 saturated carbocycles. The van der Waals surface area contributed by atoms with Crippen molar-refractivity contribution in [3.8, 4) is 5.75 Å². The molecular weight excluding hydrogens is 282 g/mol. The molecule has 2 fully saturated rings. The first-order valence-corrected chi connectivity index (χ1v) is 7.79. The number of hydrogen-bond acceptors (Lipinski definition) is 5. The summed E-state index contributed by atoms with van der Waals surface area (Å²) < 4.78 is 10.9. The van der Waals surface area contributed by atoms with Crippen molar-refractivity contribution in [1.29, 1.82) is 0 Å². The minimum atomic E-state index is 0.00663. The second-order valence-corrected chi connectivity index (χ2v) is 5.80. The Kier molecular flexibility index (Phi) is 4.92. The Bertz CT molecular complexity index is 500. The van der Waals surface area contributed by atoms with E-state index in [1.165, 1.54) is 0 Å². The van der Waals surface area contributed by atoms with Gasteiger partial charge in [-0.3, -0.25) is 9.69 Å². The zero-order chi connectivity index (χ0) is 15.4. The maximum atomic E-state index is 11.8. The molecule has 2 heterocycles. The number of likely N-dealkylation sites (tertiary alicyclic amines) is 1. The molecule has 0 atom stereocenters. The summed E-state index contributed by atoms with van der Waals surface area (Å²) in [6.07, 6.45) is 0. The fraction of sp³-hybridized carbons (Fsp3) is 0.562. The largest absolute Gasteiger partial charge is 0.492 e. The zero-order valence-electron chi connectivity index (χ0n) is 12.7. The standard InChI is InChI=1S/C16H23N3O3/c17-9-13-10-18(11-13)5-8-22-15-3-1-14(2-4-15)19-6-7-21-12-16(19)20/h1-4,13H,5-12,17H2. The smallest absolute Gasteiger partial charge is 0.253 e. The van der Waals surface area contributed by atoms with E-state index >= 15 is 0 Å². The first-order valence-electron chi connectivity index (χ1n) is 7.79. The van der Waals surface area contributed by atoms with Gasteiger partial charge in [0.1, 0.15) is 19.0 Å². The normalized spacial score (nSPS) is 20.0. The van der Waals surface area contributed by atoms with Gasteiger partial charge in [0.25, 0.3) is 5.91 Å². The lowest BCUT2D eigenvalue weighted by Crippen LogP contribution is -2.50. The number of benzene rings is 1. The molecule has 6 nitrogen and oxygen atoms in total. The number of carbonyl (C=O) groups excluding carboxylic acids is 1. The number of hydrogen-bond donors (Lipinski definition) is 1. The molecule has 2 N–H and O–H groups in total. The molecule has 2 saturated heterocycles. The minimum Gasteiger partial charge on any atom is -0.492 e. The van der Waals surface area contributed by atoms with Gasteiger partial charge in [-0.05, 0) is 36.7 Å². The van der Waals surface area contributed by atoms with Crippen molar-refractivity contribution in [2.45, 2.75) is 0 Å². The molecule has 2 aliphatic rings. The molecule has 0 radical (unpaired) electrons. The monoisotopic (exact) mass is 305 g/mol. The summed E-state index contributed by atoms with van der Waals surface area (Å²) in [6, 6.07) is 7.67. The van der Waals surface area contributed by atoms with Crippen LogP contribution in [0.15, 0.2) is 24.3 Å². The molecule has 1 amide bonds. The molecule has 0 aromatic heterocycles. The van der Waals surface area contributed by atoms with Crippen LogP contribution in [-0.2, 0) is 9.53 Å². The Hall–Kier alpha value is -1.63. The first-order chi connectivity index (χ1) is 10.8. The highest BCUT2D eigenvalue weighted by Gasteiger charge is 2.24. The summed E-state index contributed by atoms with van der Waals surface area (Å²) >= 11 is 0. The number of amides is 1. The quantitative estimate of drug-likeness (QED) is 0.820. The highest BCUT2D eigenvalue weighted by atomic mass is 16.5. The Labute approximate surface area is 130 Å². The lowest BCUT2D eigenvalue weighted by Gasteiger charge is -2.38. The molecule has 3 rings (SSSR count). The van der Waals surface area contributed by atoms with Crippen molar-refractivity contribution in [3.63, 3.8) is 0 Å². The van der Waals surface area contributed by atoms with Gasteiger partial charge in [-0.25, -0.2) is 0 Å². The molecule has 22 heavy (non-hydrogen) atoms. The molecule has 2 aliphatic heterocycles. The minimum absolute atomic E-state index is 0.00663. The lowest BCUT2D eigenvalue weighted by molar-refractivity contribution is -0.125. The van der Waals surface area contributed by atoms with Gasteiger partial charge < -0.3 is 20.1 Å². The van der Waals surface area contributed by atoms with E-state index in [0.29, 0.717) is 25.7 Å². The molecule has 0 unspecified atom stereocenters. The van der Waals surface area contributed by atoms with Crippen molar-refractivity contribution >= 4 is 11.6 Å². The van der Waals surface area contributed by atoms with Crippen molar-refractivity contribution in [2.24, 2.45) is 11.7 Å². The number of carbonyl (C=O) groups is 1. The van der Waals surface area contributed by atoms with Crippen LogP contribution >= 0.6 is 0 Å². The molecule has 0 bridgehead atoms. The van der Waals surface area contributed by atoms with Gasteiger partial charge in [-0.15, -0.1) is 0 Å². The summed E-state index contributed by atoms with van der Waals surface area (Å²) in [5.74, 6) is 1.50. The van der Waals surface area contributed by atoms with Crippen molar-refractivity contribution < 1.29 is 14.3 Å². The molecule has 0 spiro atoms. The average Bonchev–Trinajstić information content (AvgIpc) is 2.51. The average molecular weight is 305 g/mol. The van der Waals surface area contributed by atoms with Crippen LogP contribution < -0.4 is 15.4 Å². The van der Waals surface area contributed by atoms with E-state index in [-0.39, 0.29) is 12.5 Å². The van der Waals surface area contributed by atoms with Crippen LogP contribution in [0.4, 0.5) is 5.69 Å². The second-order valence-electron chi connectivity index (χ2n) is 5.80. The second kappa shape index (κ2) is 7.09. The summed E-state index contributed by atoms with van der Waals surface area (Å²) in [5, 5.41) is 0. The topological polar surface area (TPSA) is 68.0 Å². The number of morpholine rings is 1. The highest BCUT2D eigenvalue weighted by Crippen LogP contribution is 2.21. The summed E-state index contributed by atoms with van der Waals surface area (Å²) in [5.41, 5.74) is 6.50. The molecule has 1 aromatic rings. The van der Waals surface area contributed by atoms with Crippen LogP contribution in [0.3, 0.4) is 0 Å². The van der Waals surface area contributed by atoms with Gasteiger partial charge in [0, 0.05) is 31.9 Å². The van der Waals surface area contributed by atoms with Crippen LogP contribution in [0.25, 0.3) is 0 Å². The van der Waals surface area contributed by atoms with Gasteiger partial charge in [0.2, 0.25) is 0 Å². The number of nitrogens with zero attached hydrogens (tertiary/aromatic N) is 2. The number of nitrogens with two attached hydrogens (primary N) is 1. The molecular formula is C16H23N3O3. The third-order valence-electron chi connectivity index (χ3n) is 4.18. The van der Waals surface area contributed by atoms with Crippen LogP contribution in [-0.4, -0.2) is 63.4 Å². The van der Waals surface area contributed by atoms with E-state index in [2.05, 4.69) is 4.90 Å². The Balaban J connectivity index is 1.44.